The monoisotopic (exact) mass is 254 g/mol. The molecular weight excluding hydrogens is 243 g/mol. The maximum atomic E-state index is 13.1. The molecule has 0 unspecified atom stereocenters. The third-order valence-electron chi connectivity index (χ3n) is 2.39. The van der Waals surface area contributed by atoms with E-state index in [2.05, 4.69) is 10.5 Å². The van der Waals surface area contributed by atoms with Crippen molar-refractivity contribution in [3.63, 3.8) is 0 Å². The molecule has 0 aliphatic carbocycles. The predicted octanol–water partition coefficient (Wildman–Crippen LogP) is 3.24. The molecule has 0 bridgehead atoms. The van der Waals surface area contributed by atoms with E-state index in [0.717, 1.165) is 17.7 Å². The first kappa shape index (κ1) is 12.1. The van der Waals surface area contributed by atoms with E-state index in [4.69, 9.17) is 16.1 Å². The summed E-state index contributed by atoms with van der Waals surface area (Å²) in [5, 5.41) is 7.01. The van der Waals surface area contributed by atoms with Crippen LogP contribution in [0.15, 0.2) is 28.9 Å². The highest BCUT2D eigenvalue weighted by Gasteiger charge is 2.12. The largest absolute Gasteiger partial charge is 0.356 e. The zero-order valence-corrected chi connectivity index (χ0v) is 10.1. The Morgan fingerprint density at radius 3 is 3.00 bits per heavy atom. The van der Waals surface area contributed by atoms with Crippen molar-refractivity contribution < 1.29 is 8.91 Å². The van der Waals surface area contributed by atoms with Gasteiger partial charge in [-0.3, -0.25) is 0 Å². The van der Waals surface area contributed by atoms with Crippen molar-refractivity contribution in [2.45, 2.75) is 13.5 Å². The lowest BCUT2D eigenvalue weighted by molar-refractivity contribution is 0.431. The van der Waals surface area contributed by atoms with Gasteiger partial charge < -0.3 is 9.84 Å². The molecule has 1 aromatic carbocycles. The second-order valence-corrected chi connectivity index (χ2v) is 4.00. The molecule has 0 aliphatic rings. The lowest BCUT2D eigenvalue weighted by atomic mass is 10.1. The third-order valence-corrected chi connectivity index (χ3v) is 2.68. The van der Waals surface area contributed by atoms with Crippen LogP contribution in [0.5, 0.6) is 0 Å². The Bertz CT molecular complexity index is 513. The Hall–Kier alpha value is -1.39. The second-order valence-electron chi connectivity index (χ2n) is 3.59. The summed E-state index contributed by atoms with van der Waals surface area (Å²) in [4.78, 5) is 0. The minimum atomic E-state index is -0.442. The van der Waals surface area contributed by atoms with Gasteiger partial charge in [0.05, 0.1) is 11.2 Å². The standard InChI is InChI=1S/C12H12ClFN2O/c1-2-15-6-9-7-16-17-12(9)8-3-4-11(14)10(13)5-8/h3-5,7,15H,2,6H2,1H3. The molecule has 0 saturated carbocycles. The van der Waals surface area contributed by atoms with E-state index in [1.165, 1.54) is 12.1 Å². The van der Waals surface area contributed by atoms with Crippen LogP contribution in [0, 0.1) is 5.82 Å². The summed E-state index contributed by atoms with van der Waals surface area (Å²) < 4.78 is 18.2. The first-order valence-electron chi connectivity index (χ1n) is 5.32. The Labute approximate surface area is 104 Å². The number of hydrogen-bond acceptors (Lipinski definition) is 3. The summed E-state index contributed by atoms with van der Waals surface area (Å²) in [6, 6.07) is 4.47. The second kappa shape index (κ2) is 5.29. The summed E-state index contributed by atoms with van der Waals surface area (Å²) in [5.41, 5.74) is 1.65. The van der Waals surface area contributed by atoms with E-state index >= 15 is 0 Å². The molecule has 0 amide bonds. The van der Waals surface area contributed by atoms with Gasteiger partial charge in [-0.25, -0.2) is 4.39 Å². The molecule has 90 valence electrons. The lowest BCUT2D eigenvalue weighted by Gasteiger charge is -2.03. The molecule has 3 nitrogen and oxygen atoms in total. The smallest absolute Gasteiger partial charge is 0.171 e. The van der Waals surface area contributed by atoms with E-state index in [1.807, 2.05) is 6.92 Å². The molecule has 1 N–H and O–H groups in total. The van der Waals surface area contributed by atoms with Gasteiger partial charge in [0.25, 0.3) is 0 Å². The molecule has 0 saturated heterocycles. The predicted molar refractivity (Wildman–Crippen MR) is 64.3 cm³/mol. The highest BCUT2D eigenvalue weighted by atomic mass is 35.5. The van der Waals surface area contributed by atoms with Crippen LogP contribution in [-0.4, -0.2) is 11.7 Å². The average Bonchev–Trinajstić information content (AvgIpc) is 2.78. The normalized spacial score (nSPS) is 10.8. The summed E-state index contributed by atoms with van der Waals surface area (Å²) in [6.07, 6.45) is 1.65. The number of hydrogen-bond donors (Lipinski definition) is 1. The molecule has 0 radical (unpaired) electrons. The number of rotatable bonds is 4. The summed E-state index contributed by atoms with van der Waals surface area (Å²) in [7, 11) is 0. The van der Waals surface area contributed by atoms with Crippen molar-refractivity contribution >= 4 is 11.6 Å². The zero-order valence-electron chi connectivity index (χ0n) is 9.34. The fourth-order valence-corrected chi connectivity index (χ4v) is 1.70. The number of halogens is 2. The topological polar surface area (TPSA) is 38.1 Å². The Morgan fingerprint density at radius 1 is 1.47 bits per heavy atom. The van der Waals surface area contributed by atoms with Crippen molar-refractivity contribution in [2.75, 3.05) is 6.54 Å². The number of aromatic nitrogens is 1. The zero-order chi connectivity index (χ0) is 12.3. The maximum absolute atomic E-state index is 13.1. The highest BCUT2D eigenvalue weighted by molar-refractivity contribution is 6.31. The van der Waals surface area contributed by atoms with Crippen LogP contribution >= 0.6 is 11.6 Å². The average molecular weight is 255 g/mol. The van der Waals surface area contributed by atoms with Crippen LogP contribution < -0.4 is 5.32 Å². The van der Waals surface area contributed by atoms with Gasteiger partial charge in [0.1, 0.15) is 5.82 Å². The number of nitrogens with one attached hydrogen (secondary N) is 1. The Kier molecular flexibility index (Phi) is 3.76. The first-order valence-corrected chi connectivity index (χ1v) is 5.70. The van der Waals surface area contributed by atoms with Gasteiger partial charge in [-0.2, -0.15) is 0 Å². The van der Waals surface area contributed by atoms with Gasteiger partial charge in [-0.05, 0) is 24.7 Å². The number of benzene rings is 1. The van der Waals surface area contributed by atoms with Crippen LogP contribution in [-0.2, 0) is 6.54 Å². The molecule has 0 spiro atoms. The van der Waals surface area contributed by atoms with Crippen molar-refractivity contribution in [3.05, 3.63) is 40.8 Å². The van der Waals surface area contributed by atoms with Gasteiger partial charge in [0.2, 0.25) is 0 Å². The minimum Gasteiger partial charge on any atom is -0.356 e. The molecule has 0 aliphatic heterocycles. The molecule has 2 aromatic rings. The van der Waals surface area contributed by atoms with Crippen LogP contribution in [0.2, 0.25) is 5.02 Å². The Morgan fingerprint density at radius 2 is 2.29 bits per heavy atom. The molecule has 0 atom stereocenters. The van der Waals surface area contributed by atoms with Crippen LogP contribution in [0.25, 0.3) is 11.3 Å². The minimum absolute atomic E-state index is 0.0771. The maximum Gasteiger partial charge on any atom is 0.171 e. The van der Waals surface area contributed by atoms with E-state index < -0.39 is 5.82 Å². The lowest BCUT2D eigenvalue weighted by Crippen LogP contribution is -2.11. The SMILES string of the molecule is CCNCc1cnoc1-c1ccc(F)c(Cl)c1. The van der Waals surface area contributed by atoms with Gasteiger partial charge in [0, 0.05) is 17.7 Å². The van der Waals surface area contributed by atoms with Gasteiger partial charge >= 0.3 is 0 Å². The van der Waals surface area contributed by atoms with Crippen molar-refractivity contribution in [1.29, 1.82) is 0 Å². The van der Waals surface area contributed by atoms with Gasteiger partial charge in [-0.1, -0.05) is 23.7 Å². The van der Waals surface area contributed by atoms with Crippen LogP contribution in [0.3, 0.4) is 0 Å². The third kappa shape index (κ3) is 2.65. The van der Waals surface area contributed by atoms with Gasteiger partial charge in [-0.15, -0.1) is 0 Å². The van der Waals surface area contributed by atoms with E-state index in [1.54, 1.807) is 12.3 Å². The first-order chi connectivity index (χ1) is 8.22. The fourth-order valence-electron chi connectivity index (χ4n) is 1.52. The van der Waals surface area contributed by atoms with Crippen LogP contribution in [0.1, 0.15) is 12.5 Å². The van der Waals surface area contributed by atoms with E-state index in [0.29, 0.717) is 12.3 Å². The summed E-state index contributed by atoms with van der Waals surface area (Å²) >= 11 is 5.73. The molecule has 1 aromatic heterocycles. The van der Waals surface area contributed by atoms with E-state index in [9.17, 15) is 4.39 Å². The summed E-state index contributed by atoms with van der Waals surface area (Å²) in [6.45, 7) is 3.53. The molecule has 17 heavy (non-hydrogen) atoms. The molecule has 0 fully saturated rings. The van der Waals surface area contributed by atoms with Crippen LogP contribution in [0.4, 0.5) is 4.39 Å². The van der Waals surface area contributed by atoms with Crippen molar-refractivity contribution in [1.82, 2.24) is 10.5 Å². The molecule has 1 heterocycles. The summed E-state index contributed by atoms with van der Waals surface area (Å²) in [5.74, 6) is 0.177. The van der Waals surface area contributed by atoms with E-state index in [-0.39, 0.29) is 5.02 Å². The van der Waals surface area contributed by atoms with Gasteiger partial charge in [0.15, 0.2) is 5.76 Å². The fraction of sp³-hybridized carbons (Fsp3) is 0.250. The molecule has 5 heteroatoms. The molecule has 2 rings (SSSR count). The quantitative estimate of drug-likeness (QED) is 0.910. The highest BCUT2D eigenvalue weighted by Crippen LogP contribution is 2.27. The molecular formula is C12H12ClFN2O. The van der Waals surface area contributed by atoms with Crippen molar-refractivity contribution in [2.24, 2.45) is 0 Å². The van der Waals surface area contributed by atoms with Crippen molar-refractivity contribution in [3.8, 4) is 11.3 Å². The number of nitrogens with zero attached hydrogens (tertiary/aromatic N) is 1. The Balaban J connectivity index is 2.32.